The smallest absolute Gasteiger partial charge is 0.422 e. The summed E-state index contributed by atoms with van der Waals surface area (Å²) in [4.78, 5) is 31.5. The highest BCUT2D eigenvalue weighted by Gasteiger charge is 2.58. The first kappa shape index (κ1) is 16.1. The van der Waals surface area contributed by atoms with Crippen molar-refractivity contribution in [2.75, 3.05) is 11.5 Å². The van der Waals surface area contributed by atoms with Crippen molar-refractivity contribution in [1.82, 2.24) is 4.98 Å². The summed E-state index contributed by atoms with van der Waals surface area (Å²) in [5.41, 5.74) is -0.572. The summed E-state index contributed by atoms with van der Waals surface area (Å²) in [6, 6.07) is 12.4. The number of ether oxygens (including phenoxy) is 2. The van der Waals surface area contributed by atoms with Gasteiger partial charge in [0.05, 0.1) is 18.5 Å². The molecule has 2 aliphatic rings. The van der Waals surface area contributed by atoms with E-state index in [4.69, 9.17) is 21.1 Å². The first-order valence-electron chi connectivity index (χ1n) is 8.43. The van der Waals surface area contributed by atoms with Crippen LogP contribution in [0.1, 0.15) is 12.0 Å². The highest BCUT2D eigenvalue weighted by Crippen LogP contribution is 2.47. The number of benzene rings is 2. The molecule has 1 saturated heterocycles. The lowest BCUT2D eigenvalue weighted by Crippen LogP contribution is -2.42. The minimum atomic E-state index is -1.44. The van der Waals surface area contributed by atoms with E-state index < -0.39 is 17.6 Å². The van der Waals surface area contributed by atoms with E-state index in [9.17, 15) is 9.59 Å². The molecular weight excluding hydrogens is 368 g/mol. The Bertz CT molecular complexity index is 1110. The number of imide groups is 1. The zero-order valence-corrected chi connectivity index (χ0v) is 14.8. The van der Waals surface area contributed by atoms with Crippen LogP contribution in [0.5, 0.6) is 5.75 Å². The summed E-state index contributed by atoms with van der Waals surface area (Å²) in [7, 11) is 0. The lowest BCUT2D eigenvalue weighted by Gasteiger charge is -2.31. The first-order valence-corrected chi connectivity index (χ1v) is 8.81. The SMILES string of the molecule is O=C1OC2(CCOc3ccc(Cl)cc32)C(=O)N1c1cncc2ccccc12. The molecule has 27 heavy (non-hydrogen) atoms. The summed E-state index contributed by atoms with van der Waals surface area (Å²) in [6.07, 6.45) is 2.67. The maximum atomic E-state index is 13.5. The monoisotopic (exact) mass is 380 g/mol. The lowest BCUT2D eigenvalue weighted by atomic mass is 9.87. The molecular formula is C20H13ClN2O4. The topological polar surface area (TPSA) is 68.7 Å². The van der Waals surface area contributed by atoms with Crippen molar-refractivity contribution in [2.45, 2.75) is 12.0 Å². The van der Waals surface area contributed by atoms with Crippen LogP contribution >= 0.6 is 11.6 Å². The number of nitrogens with zero attached hydrogens (tertiary/aromatic N) is 2. The van der Waals surface area contributed by atoms with Gasteiger partial charge in [-0.25, -0.2) is 9.69 Å². The Balaban J connectivity index is 1.68. The van der Waals surface area contributed by atoms with E-state index >= 15 is 0 Å². The molecule has 7 heteroatoms. The molecule has 0 radical (unpaired) electrons. The van der Waals surface area contributed by atoms with Crippen molar-refractivity contribution >= 4 is 40.1 Å². The van der Waals surface area contributed by atoms with Gasteiger partial charge in [-0.1, -0.05) is 35.9 Å². The molecule has 1 fully saturated rings. The summed E-state index contributed by atoms with van der Waals surface area (Å²) in [5.74, 6) is 0.0298. The van der Waals surface area contributed by atoms with Gasteiger partial charge in [-0.2, -0.15) is 0 Å². The molecule has 3 heterocycles. The third-order valence-electron chi connectivity index (χ3n) is 4.97. The number of hydrogen-bond donors (Lipinski definition) is 0. The van der Waals surface area contributed by atoms with Crippen LogP contribution in [0.15, 0.2) is 54.9 Å². The van der Waals surface area contributed by atoms with Gasteiger partial charge in [-0.05, 0) is 18.2 Å². The van der Waals surface area contributed by atoms with E-state index in [1.54, 1.807) is 24.4 Å². The number of rotatable bonds is 1. The Morgan fingerprint density at radius 2 is 1.96 bits per heavy atom. The fraction of sp³-hybridized carbons (Fsp3) is 0.150. The number of carbonyl (C=O) groups is 2. The van der Waals surface area contributed by atoms with Crippen molar-refractivity contribution < 1.29 is 19.1 Å². The molecule has 1 spiro atoms. The third-order valence-corrected chi connectivity index (χ3v) is 5.20. The predicted molar refractivity (Wildman–Crippen MR) is 99.0 cm³/mol. The van der Waals surface area contributed by atoms with Gasteiger partial charge in [0.2, 0.25) is 5.60 Å². The van der Waals surface area contributed by atoms with Gasteiger partial charge in [-0.3, -0.25) is 9.78 Å². The Morgan fingerprint density at radius 1 is 1.11 bits per heavy atom. The van der Waals surface area contributed by atoms with Gasteiger partial charge >= 0.3 is 6.09 Å². The number of pyridine rings is 1. The number of aromatic nitrogens is 1. The van der Waals surface area contributed by atoms with E-state index in [-0.39, 0.29) is 13.0 Å². The van der Waals surface area contributed by atoms with Crippen molar-refractivity contribution in [3.63, 3.8) is 0 Å². The molecule has 1 unspecified atom stereocenters. The van der Waals surface area contributed by atoms with E-state index in [1.165, 1.54) is 6.20 Å². The second-order valence-electron chi connectivity index (χ2n) is 6.45. The Kier molecular flexibility index (Phi) is 3.39. The molecule has 0 bridgehead atoms. The standard InChI is InChI=1S/C20H13ClN2O4/c21-13-5-6-17-15(9-13)20(7-8-26-17)18(24)23(19(25)27-20)16-11-22-10-12-3-1-2-4-14(12)16/h1-6,9-11H,7-8H2. The number of halogens is 1. The zero-order chi connectivity index (χ0) is 18.6. The van der Waals surface area contributed by atoms with Crippen LogP contribution < -0.4 is 9.64 Å². The van der Waals surface area contributed by atoms with E-state index in [1.807, 2.05) is 24.3 Å². The summed E-state index contributed by atoms with van der Waals surface area (Å²) < 4.78 is 11.3. The maximum Gasteiger partial charge on any atom is 0.422 e. The molecule has 1 atom stereocenters. The van der Waals surface area contributed by atoms with Crippen LogP contribution in [0.25, 0.3) is 10.8 Å². The Hall–Kier alpha value is -3.12. The van der Waals surface area contributed by atoms with E-state index in [0.717, 1.165) is 15.7 Å². The number of carbonyl (C=O) groups excluding carboxylic acids is 2. The van der Waals surface area contributed by atoms with Crippen LogP contribution in [-0.4, -0.2) is 23.6 Å². The van der Waals surface area contributed by atoms with Gasteiger partial charge in [-0.15, -0.1) is 0 Å². The molecule has 2 aliphatic heterocycles. The number of anilines is 1. The first-order chi connectivity index (χ1) is 13.1. The molecule has 5 rings (SSSR count). The summed E-state index contributed by atoms with van der Waals surface area (Å²) >= 11 is 6.12. The van der Waals surface area contributed by atoms with Gasteiger partial charge in [0.1, 0.15) is 5.75 Å². The molecule has 2 amide bonds. The normalized spacial score (nSPS) is 21.3. The van der Waals surface area contributed by atoms with E-state index in [2.05, 4.69) is 4.98 Å². The average molecular weight is 381 g/mol. The third kappa shape index (κ3) is 2.23. The largest absolute Gasteiger partial charge is 0.493 e. The summed E-state index contributed by atoms with van der Waals surface area (Å²) in [5, 5.41) is 2.01. The van der Waals surface area contributed by atoms with Crippen molar-refractivity contribution in [3.05, 3.63) is 65.4 Å². The van der Waals surface area contributed by atoms with Crippen LogP contribution in [0.3, 0.4) is 0 Å². The second-order valence-corrected chi connectivity index (χ2v) is 6.89. The molecule has 0 N–H and O–H groups in total. The maximum absolute atomic E-state index is 13.5. The molecule has 1 aromatic heterocycles. The number of fused-ring (bicyclic) bond motifs is 3. The second kappa shape index (κ2) is 5.69. The van der Waals surface area contributed by atoms with Crippen LogP contribution in [0.4, 0.5) is 10.5 Å². The number of amides is 2. The fourth-order valence-corrected chi connectivity index (χ4v) is 3.87. The number of hydrogen-bond acceptors (Lipinski definition) is 5. The van der Waals surface area contributed by atoms with Crippen LogP contribution in [0, 0.1) is 0 Å². The summed E-state index contributed by atoms with van der Waals surface area (Å²) in [6.45, 7) is 0.259. The molecule has 2 aromatic carbocycles. The Labute approximate surface area is 159 Å². The molecule has 6 nitrogen and oxygen atoms in total. The minimum absolute atomic E-state index is 0.222. The average Bonchev–Trinajstić information content (AvgIpc) is 2.92. The highest BCUT2D eigenvalue weighted by molar-refractivity contribution is 6.31. The highest BCUT2D eigenvalue weighted by atomic mass is 35.5. The molecule has 0 aliphatic carbocycles. The van der Waals surface area contributed by atoms with Gasteiger partial charge < -0.3 is 9.47 Å². The molecule has 0 saturated carbocycles. The molecule has 134 valence electrons. The van der Waals surface area contributed by atoms with Crippen molar-refractivity contribution in [2.24, 2.45) is 0 Å². The quantitative estimate of drug-likeness (QED) is 0.637. The van der Waals surface area contributed by atoms with Crippen LogP contribution in [0.2, 0.25) is 5.02 Å². The van der Waals surface area contributed by atoms with Gasteiger partial charge in [0.15, 0.2) is 0 Å². The predicted octanol–water partition coefficient (Wildman–Crippen LogP) is 4.05. The fourth-order valence-electron chi connectivity index (χ4n) is 3.70. The molecule has 3 aromatic rings. The van der Waals surface area contributed by atoms with Gasteiger partial charge in [0.25, 0.3) is 5.91 Å². The van der Waals surface area contributed by atoms with Crippen molar-refractivity contribution in [1.29, 1.82) is 0 Å². The van der Waals surface area contributed by atoms with Gasteiger partial charge in [0, 0.05) is 34.0 Å². The van der Waals surface area contributed by atoms with Crippen LogP contribution in [-0.2, 0) is 15.1 Å². The minimum Gasteiger partial charge on any atom is -0.493 e. The zero-order valence-electron chi connectivity index (χ0n) is 14.0. The van der Waals surface area contributed by atoms with Crippen molar-refractivity contribution in [3.8, 4) is 5.75 Å². The lowest BCUT2D eigenvalue weighted by molar-refractivity contribution is -0.133. The van der Waals surface area contributed by atoms with E-state index in [0.29, 0.717) is 22.0 Å². The Morgan fingerprint density at radius 3 is 2.85 bits per heavy atom.